The molecule has 37 heavy (non-hydrogen) atoms. The number of ether oxygens (including phenoxy) is 3. The fourth-order valence-electron chi connectivity index (χ4n) is 3.63. The molecule has 0 aliphatic carbocycles. The highest BCUT2D eigenvalue weighted by Crippen LogP contribution is 2.38. The third-order valence-corrected chi connectivity index (χ3v) is 6.60. The van der Waals surface area contributed by atoms with Crippen LogP contribution in [0.5, 0.6) is 17.2 Å². The molecule has 0 bridgehead atoms. The van der Waals surface area contributed by atoms with E-state index in [4.69, 9.17) is 53.4 Å². The van der Waals surface area contributed by atoms with Gasteiger partial charge in [0.2, 0.25) is 11.2 Å². The van der Waals surface area contributed by atoms with Gasteiger partial charge in [-0.1, -0.05) is 34.8 Å². The van der Waals surface area contributed by atoms with E-state index in [1.165, 1.54) is 33.3 Å². The maximum Gasteiger partial charge on any atom is 0.265 e. The fraction of sp³-hybridized carbons (Fsp3) is 0.185. The summed E-state index contributed by atoms with van der Waals surface area (Å²) in [6.07, 6.45) is -1.12. The van der Waals surface area contributed by atoms with Crippen LogP contribution in [-0.2, 0) is 4.79 Å². The van der Waals surface area contributed by atoms with Gasteiger partial charge in [-0.2, -0.15) is 0 Å². The number of carbonyl (C=O) groups is 1. The summed E-state index contributed by atoms with van der Waals surface area (Å²) < 4.78 is 22.8. The Morgan fingerprint density at radius 3 is 2.38 bits per heavy atom. The lowest BCUT2D eigenvalue weighted by atomic mass is 10.1. The van der Waals surface area contributed by atoms with Crippen LogP contribution in [-0.4, -0.2) is 26.2 Å². The summed E-state index contributed by atoms with van der Waals surface area (Å²) in [5, 5.41) is 3.96. The topological polar surface area (TPSA) is 87.0 Å². The molecule has 10 heteroatoms. The Labute approximate surface area is 227 Å². The predicted molar refractivity (Wildman–Crippen MR) is 146 cm³/mol. The van der Waals surface area contributed by atoms with Crippen LogP contribution in [0, 0.1) is 6.92 Å². The Bertz CT molecular complexity index is 1570. The van der Waals surface area contributed by atoms with Gasteiger partial charge in [0, 0.05) is 15.6 Å². The molecule has 1 atom stereocenters. The summed E-state index contributed by atoms with van der Waals surface area (Å²) in [6, 6.07) is 12.9. The molecular weight excluding hydrogens is 541 g/mol. The molecule has 1 N–H and O–H groups in total. The molecule has 192 valence electrons. The number of hydrogen-bond acceptors (Lipinski definition) is 6. The molecule has 1 amide bonds. The quantitative estimate of drug-likeness (QED) is 0.257. The number of methoxy groups -OCH3 is 2. The van der Waals surface area contributed by atoms with Crippen molar-refractivity contribution < 1.29 is 23.4 Å². The Morgan fingerprint density at radius 2 is 1.68 bits per heavy atom. The predicted octanol–water partition coefficient (Wildman–Crippen LogP) is 7.15. The van der Waals surface area contributed by atoms with Gasteiger partial charge >= 0.3 is 0 Å². The Hall–Kier alpha value is -3.39. The van der Waals surface area contributed by atoms with Gasteiger partial charge in [-0.25, -0.2) is 0 Å². The van der Waals surface area contributed by atoms with Crippen molar-refractivity contribution in [3.05, 3.63) is 79.4 Å². The number of fused-ring (bicyclic) bond motifs is 1. The number of halogens is 3. The van der Waals surface area contributed by atoms with Gasteiger partial charge in [0.25, 0.3) is 5.91 Å². The molecule has 7 nitrogen and oxygen atoms in total. The second-order valence-electron chi connectivity index (χ2n) is 8.13. The number of hydrogen-bond donors (Lipinski definition) is 1. The number of rotatable bonds is 7. The molecule has 0 radical (unpaired) electrons. The number of amides is 1. The van der Waals surface area contributed by atoms with Crippen molar-refractivity contribution in [2.75, 3.05) is 19.5 Å². The fourth-order valence-corrected chi connectivity index (χ4v) is 4.13. The molecule has 4 aromatic rings. The Morgan fingerprint density at radius 1 is 0.946 bits per heavy atom. The van der Waals surface area contributed by atoms with Crippen molar-refractivity contribution >= 4 is 57.4 Å². The minimum absolute atomic E-state index is 0.112. The highest BCUT2D eigenvalue weighted by molar-refractivity contribution is 6.35. The second kappa shape index (κ2) is 10.9. The summed E-state index contributed by atoms with van der Waals surface area (Å²) in [6.45, 7) is 3.30. The lowest BCUT2D eigenvalue weighted by molar-refractivity contribution is -0.122. The monoisotopic (exact) mass is 561 g/mol. The van der Waals surface area contributed by atoms with Crippen molar-refractivity contribution in [1.29, 1.82) is 0 Å². The van der Waals surface area contributed by atoms with Crippen LogP contribution in [0.3, 0.4) is 0 Å². The largest absolute Gasteiger partial charge is 0.493 e. The summed E-state index contributed by atoms with van der Waals surface area (Å²) in [4.78, 5) is 26.6. The van der Waals surface area contributed by atoms with E-state index in [-0.39, 0.29) is 16.9 Å². The first kappa shape index (κ1) is 26.7. The van der Waals surface area contributed by atoms with Crippen molar-refractivity contribution in [2.45, 2.75) is 20.0 Å². The van der Waals surface area contributed by atoms with Gasteiger partial charge in [-0.3, -0.25) is 9.59 Å². The lowest BCUT2D eigenvalue weighted by Gasteiger charge is -2.18. The maximum atomic E-state index is 13.6. The van der Waals surface area contributed by atoms with Gasteiger partial charge in [0.15, 0.2) is 23.4 Å². The minimum atomic E-state index is -1.12. The average Bonchev–Trinajstić information content (AvgIpc) is 2.88. The molecule has 1 aromatic heterocycles. The highest BCUT2D eigenvalue weighted by Gasteiger charge is 2.25. The van der Waals surface area contributed by atoms with Crippen LogP contribution in [0.15, 0.2) is 57.7 Å². The highest BCUT2D eigenvalue weighted by atomic mass is 35.5. The Balaban J connectivity index is 1.81. The Kier molecular flexibility index (Phi) is 7.87. The van der Waals surface area contributed by atoms with Crippen LogP contribution in [0.4, 0.5) is 5.69 Å². The van der Waals surface area contributed by atoms with Crippen molar-refractivity contribution in [3.63, 3.8) is 0 Å². The van der Waals surface area contributed by atoms with E-state index in [1.54, 1.807) is 43.3 Å². The smallest absolute Gasteiger partial charge is 0.265 e. The summed E-state index contributed by atoms with van der Waals surface area (Å²) in [7, 11) is 3.01. The van der Waals surface area contributed by atoms with E-state index >= 15 is 0 Å². The summed E-state index contributed by atoms with van der Waals surface area (Å²) in [5.41, 5.74) is 1.34. The van der Waals surface area contributed by atoms with E-state index in [1.807, 2.05) is 0 Å². The molecule has 0 fully saturated rings. The third-order valence-electron chi connectivity index (χ3n) is 5.63. The first-order valence-electron chi connectivity index (χ1n) is 11.0. The van der Waals surface area contributed by atoms with Crippen LogP contribution in [0.2, 0.25) is 15.1 Å². The molecule has 3 aromatic carbocycles. The van der Waals surface area contributed by atoms with E-state index in [9.17, 15) is 9.59 Å². The summed E-state index contributed by atoms with van der Waals surface area (Å²) >= 11 is 18.5. The maximum absolute atomic E-state index is 13.6. The molecular formula is C27H22Cl3NO6. The molecule has 4 rings (SSSR count). The van der Waals surface area contributed by atoms with E-state index in [0.29, 0.717) is 43.4 Å². The first-order chi connectivity index (χ1) is 17.6. The standard InChI is InChI=1S/C27H22Cl3NO6/c1-13-9-22-17(12-19(13)30)24(32)26(25(37-22)15-5-8-21(34-3)23(10-15)35-4)36-14(2)27(33)31-20-11-16(28)6-7-18(20)29/h5-12,14H,1-4H3,(H,31,33). The number of anilines is 1. The minimum Gasteiger partial charge on any atom is -0.493 e. The summed E-state index contributed by atoms with van der Waals surface area (Å²) in [5.74, 6) is 0.303. The lowest BCUT2D eigenvalue weighted by Crippen LogP contribution is -2.32. The van der Waals surface area contributed by atoms with E-state index in [2.05, 4.69) is 5.32 Å². The molecule has 0 saturated heterocycles. The normalized spacial score (nSPS) is 11.8. The second-order valence-corrected chi connectivity index (χ2v) is 9.38. The molecule has 1 unspecified atom stereocenters. The van der Waals surface area contributed by atoms with Gasteiger partial charge in [0.1, 0.15) is 5.58 Å². The molecule has 0 spiro atoms. The number of benzene rings is 3. The van der Waals surface area contributed by atoms with Crippen LogP contribution >= 0.6 is 34.8 Å². The van der Waals surface area contributed by atoms with Gasteiger partial charge in [-0.15, -0.1) is 0 Å². The zero-order chi connectivity index (χ0) is 26.9. The van der Waals surface area contributed by atoms with Crippen molar-refractivity contribution in [2.24, 2.45) is 0 Å². The third kappa shape index (κ3) is 5.49. The van der Waals surface area contributed by atoms with Gasteiger partial charge < -0.3 is 23.9 Å². The number of carbonyl (C=O) groups excluding carboxylic acids is 1. The molecule has 0 aliphatic rings. The van der Waals surface area contributed by atoms with Crippen molar-refractivity contribution in [3.8, 4) is 28.6 Å². The zero-order valence-electron chi connectivity index (χ0n) is 20.3. The van der Waals surface area contributed by atoms with E-state index in [0.717, 1.165) is 5.56 Å². The van der Waals surface area contributed by atoms with Gasteiger partial charge in [0.05, 0.1) is 30.3 Å². The van der Waals surface area contributed by atoms with Gasteiger partial charge in [-0.05, 0) is 67.9 Å². The molecule has 0 saturated carbocycles. The van der Waals surface area contributed by atoms with E-state index < -0.39 is 17.4 Å². The van der Waals surface area contributed by atoms with Crippen LogP contribution in [0.1, 0.15) is 12.5 Å². The molecule has 1 heterocycles. The molecule has 0 aliphatic heterocycles. The SMILES string of the molecule is COc1ccc(-c2oc3cc(C)c(Cl)cc3c(=O)c2OC(C)C(=O)Nc2cc(Cl)ccc2Cl)cc1OC. The average molecular weight is 563 g/mol. The number of aryl methyl sites for hydroxylation is 1. The zero-order valence-corrected chi connectivity index (χ0v) is 22.5. The number of nitrogens with one attached hydrogen (secondary N) is 1. The van der Waals surface area contributed by atoms with Crippen LogP contribution < -0.4 is 25.0 Å². The van der Waals surface area contributed by atoms with Crippen LogP contribution in [0.25, 0.3) is 22.3 Å². The van der Waals surface area contributed by atoms with Crippen molar-refractivity contribution in [1.82, 2.24) is 0 Å². The first-order valence-corrected chi connectivity index (χ1v) is 12.2.